The summed E-state index contributed by atoms with van der Waals surface area (Å²) in [5, 5.41) is 1.76. The zero-order chi connectivity index (χ0) is 32.6. The van der Waals surface area contributed by atoms with Gasteiger partial charge >= 0.3 is 0 Å². The van der Waals surface area contributed by atoms with Crippen molar-refractivity contribution in [2.75, 3.05) is 11.4 Å². The number of H-pyrrole nitrogens is 1. The summed E-state index contributed by atoms with van der Waals surface area (Å²) in [6.07, 6.45) is 1.83. The van der Waals surface area contributed by atoms with Crippen LogP contribution < -0.4 is 4.31 Å². The summed E-state index contributed by atoms with van der Waals surface area (Å²) in [5.41, 5.74) is 7.15. The zero-order valence-electron chi connectivity index (χ0n) is 25.5. The van der Waals surface area contributed by atoms with Crippen molar-refractivity contribution in [1.29, 1.82) is 0 Å². The molecular formula is C38H31N3O4S2. The SMILES string of the molecule is CN(c1ccc(-c2cnc3[nH]c4ccc(CS(=O)(=O)c5ccccc5)cc4c3c2-c2ccccc2)cc1)S(=O)(=O)Cc1ccccc1. The summed E-state index contributed by atoms with van der Waals surface area (Å²) < 4.78 is 54.2. The van der Waals surface area contributed by atoms with E-state index in [1.54, 1.807) is 61.6 Å². The smallest absolute Gasteiger partial charge is 0.239 e. The van der Waals surface area contributed by atoms with Gasteiger partial charge in [0.05, 0.1) is 22.1 Å². The van der Waals surface area contributed by atoms with E-state index in [2.05, 4.69) is 4.98 Å². The van der Waals surface area contributed by atoms with Gasteiger partial charge in [-0.2, -0.15) is 0 Å². The van der Waals surface area contributed by atoms with Crippen molar-refractivity contribution in [1.82, 2.24) is 9.97 Å². The molecule has 0 spiro atoms. The average Bonchev–Trinajstić information content (AvgIpc) is 3.46. The van der Waals surface area contributed by atoms with Crippen LogP contribution in [0.15, 0.2) is 145 Å². The second-order valence-electron chi connectivity index (χ2n) is 11.5. The quantitative estimate of drug-likeness (QED) is 0.170. The van der Waals surface area contributed by atoms with E-state index in [9.17, 15) is 16.8 Å². The van der Waals surface area contributed by atoms with Gasteiger partial charge in [-0.15, -0.1) is 0 Å². The molecule has 47 heavy (non-hydrogen) atoms. The number of nitrogens with one attached hydrogen (secondary N) is 1. The molecule has 2 aromatic heterocycles. The fourth-order valence-corrected chi connectivity index (χ4v) is 8.55. The molecule has 0 amide bonds. The van der Waals surface area contributed by atoms with E-state index in [0.717, 1.165) is 44.1 Å². The molecule has 0 aliphatic heterocycles. The zero-order valence-corrected chi connectivity index (χ0v) is 27.2. The van der Waals surface area contributed by atoms with Gasteiger partial charge in [0.25, 0.3) is 0 Å². The highest BCUT2D eigenvalue weighted by molar-refractivity contribution is 7.92. The molecule has 2 heterocycles. The normalized spacial score (nSPS) is 12.0. The maximum Gasteiger partial charge on any atom is 0.239 e. The molecule has 7 aromatic rings. The van der Waals surface area contributed by atoms with Crippen molar-refractivity contribution in [3.63, 3.8) is 0 Å². The molecular weight excluding hydrogens is 627 g/mol. The molecule has 0 bridgehead atoms. The van der Waals surface area contributed by atoms with E-state index in [1.807, 2.05) is 85.1 Å². The van der Waals surface area contributed by atoms with Gasteiger partial charge in [0, 0.05) is 40.7 Å². The van der Waals surface area contributed by atoms with Gasteiger partial charge in [-0.25, -0.2) is 21.8 Å². The number of sulfonamides is 1. The first-order chi connectivity index (χ1) is 22.7. The molecule has 0 radical (unpaired) electrons. The molecule has 0 aliphatic carbocycles. The number of anilines is 1. The monoisotopic (exact) mass is 657 g/mol. The number of hydrogen-bond acceptors (Lipinski definition) is 5. The minimum absolute atomic E-state index is 0.0972. The third-order valence-electron chi connectivity index (χ3n) is 8.36. The number of nitrogens with zero attached hydrogens (tertiary/aromatic N) is 2. The van der Waals surface area contributed by atoms with Crippen molar-refractivity contribution in [2.45, 2.75) is 16.4 Å². The van der Waals surface area contributed by atoms with E-state index in [1.165, 1.54) is 4.31 Å². The molecule has 0 unspecified atom stereocenters. The molecule has 234 valence electrons. The van der Waals surface area contributed by atoms with Crippen LogP contribution in [-0.4, -0.2) is 33.9 Å². The number of hydrogen-bond donors (Lipinski definition) is 1. The lowest BCUT2D eigenvalue weighted by Gasteiger charge is -2.20. The Balaban J connectivity index is 1.31. The summed E-state index contributed by atoms with van der Waals surface area (Å²) in [6.45, 7) is 0. The molecule has 7 rings (SSSR count). The third-order valence-corrected chi connectivity index (χ3v) is 11.8. The number of benzene rings is 5. The Morgan fingerprint density at radius 3 is 1.98 bits per heavy atom. The van der Waals surface area contributed by atoms with Crippen molar-refractivity contribution >= 4 is 47.5 Å². The van der Waals surface area contributed by atoms with Gasteiger partial charge in [-0.3, -0.25) is 4.31 Å². The Bertz CT molecular complexity index is 2430. The predicted molar refractivity (Wildman–Crippen MR) is 189 cm³/mol. The van der Waals surface area contributed by atoms with Crippen LogP contribution in [0.5, 0.6) is 0 Å². The second kappa shape index (κ2) is 12.2. The van der Waals surface area contributed by atoms with Crippen LogP contribution in [0.3, 0.4) is 0 Å². The number of pyridine rings is 1. The van der Waals surface area contributed by atoms with Gasteiger partial charge in [-0.05, 0) is 58.7 Å². The summed E-state index contributed by atoms with van der Waals surface area (Å²) in [7, 11) is -5.58. The van der Waals surface area contributed by atoms with Crippen LogP contribution in [0, 0.1) is 0 Å². The Hall–Kier alpha value is -5.25. The number of rotatable bonds is 9. The van der Waals surface area contributed by atoms with Crippen LogP contribution in [-0.2, 0) is 31.4 Å². The number of aromatic amines is 1. The first-order valence-corrected chi connectivity index (χ1v) is 18.3. The van der Waals surface area contributed by atoms with Crippen molar-refractivity contribution in [3.8, 4) is 22.3 Å². The van der Waals surface area contributed by atoms with Crippen molar-refractivity contribution in [3.05, 3.63) is 151 Å². The number of fused-ring (bicyclic) bond motifs is 3. The van der Waals surface area contributed by atoms with E-state index in [0.29, 0.717) is 16.9 Å². The fourth-order valence-electron chi connectivity index (χ4n) is 5.94. The third kappa shape index (κ3) is 6.03. The largest absolute Gasteiger partial charge is 0.339 e. The van der Waals surface area contributed by atoms with E-state index >= 15 is 0 Å². The summed E-state index contributed by atoms with van der Waals surface area (Å²) in [4.78, 5) is 8.50. The molecule has 7 nitrogen and oxygen atoms in total. The molecule has 0 aliphatic rings. The molecule has 0 saturated carbocycles. The van der Waals surface area contributed by atoms with Gasteiger partial charge < -0.3 is 4.98 Å². The van der Waals surface area contributed by atoms with Gasteiger partial charge in [-0.1, -0.05) is 97.1 Å². The van der Waals surface area contributed by atoms with Gasteiger partial charge in [0.1, 0.15) is 5.65 Å². The summed E-state index contributed by atoms with van der Waals surface area (Å²) >= 11 is 0. The topological polar surface area (TPSA) is 100 Å². The van der Waals surface area contributed by atoms with Crippen LogP contribution in [0.1, 0.15) is 11.1 Å². The molecule has 0 fully saturated rings. The van der Waals surface area contributed by atoms with Crippen LogP contribution >= 0.6 is 0 Å². The van der Waals surface area contributed by atoms with E-state index in [4.69, 9.17) is 4.98 Å². The standard InChI is InChI=1S/C38H31N3O4S2/c1-41(47(44,45)26-27-11-5-2-6-12-27)31-20-18-29(19-21-31)34-24-39-38-37(36(34)30-13-7-3-8-14-30)33-23-28(17-22-35(33)40-38)25-46(42,43)32-15-9-4-10-16-32/h2-24H,25-26H2,1H3,(H,39,40). The highest BCUT2D eigenvalue weighted by Gasteiger charge is 2.22. The first kappa shape index (κ1) is 30.4. The Kier molecular flexibility index (Phi) is 7.87. The maximum atomic E-state index is 13.2. The van der Waals surface area contributed by atoms with Gasteiger partial charge in [0.15, 0.2) is 9.84 Å². The lowest BCUT2D eigenvalue weighted by Crippen LogP contribution is -2.27. The van der Waals surface area contributed by atoms with E-state index in [-0.39, 0.29) is 16.4 Å². The molecule has 5 aromatic carbocycles. The molecule has 9 heteroatoms. The lowest BCUT2D eigenvalue weighted by molar-refractivity contribution is 0.592. The Morgan fingerprint density at radius 1 is 0.660 bits per heavy atom. The van der Waals surface area contributed by atoms with Crippen molar-refractivity contribution in [2.24, 2.45) is 0 Å². The lowest BCUT2D eigenvalue weighted by atomic mass is 9.92. The predicted octanol–water partition coefficient (Wildman–Crippen LogP) is 7.99. The van der Waals surface area contributed by atoms with Crippen LogP contribution in [0.2, 0.25) is 0 Å². The fraction of sp³-hybridized carbons (Fsp3) is 0.0789. The number of aromatic nitrogens is 2. The average molecular weight is 658 g/mol. The van der Waals surface area contributed by atoms with E-state index < -0.39 is 19.9 Å². The van der Waals surface area contributed by atoms with Crippen molar-refractivity contribution < 1.29 is 16.8 Å². The Morgan fingerprint density at radius 2 is 1.30 bits per heavy atom. The molecule has 0 atom stereocenters. The second-order valence-corrected chi connectivity index (χ2v) is 15.5. The Labute approximate surface area is 274 Å². The number of sulfone groups is 1. The van der Waals surface area contributed by atoms with Gasteiger partial charge in [0.2, 0.25) is 10.0 Å². The first-order valence-electron chi connectivity index (χ1n) is 15.1. The van der Waals surface area contributed by atoms with Crippen LogP contribution in [0.4, 0.5) is 5.69 Å². The maximum absolute atomic E-state index is 13.2. The molecule has 0 saturated heterocycles. The van der Waals surface area contributed by atoms with Crippen LogP contribution in [0.25, 0.3) is 44.2 Å². The minimum atomic E-state index is -3.60. The highest BCUT2D eigenvalue weighted by Crippen LogP contribution is 2.41. The minimum Gasteiger partial charge on any atom is -0.339 e. The highest BCUT2D eigenvalue weighted by atomic mass is 32.2. The summed E-state index contributed by atoms with van der Waals surface area (Å²) in [5.74, 6) is -0.227. The molecule has 1 N–H and O–H groups in total. The summed E-state index contributed by atoms with van der Waals surface area (Å²) in [6, 6.07) is 40.7.